The predicted molar refractivity (Wildman–Crippen MR) is 154 cm³/mol. The summed E-state index contributed by atoms with van der Waals surface area (Å²) in [4.78, 5) is 60.5. The molecule has 0 bridgehead atoms. The Morgan fingerprint density at radius 3 is 2.39 bits per heavy atom. The molecule has 2 aromatic rings. The number of methoxy groups -OCH3 is 1. The number of nitrogens with two attached hydrogens (primary N) is 1. The molecule has 224 valence electrons. The Bertz CT molecular complexity index is 1290. The van der Waals surface area contributed by atoms with E-state index in [0.717, 1.165) is 0 Å². The first kappa shape index (κ1) is 31.6. The molecule has 1 aliphatic rings. The molecule has 0 spiro atoms. The van der Waals surface area contributed by atoms with Crippen molar-refractivity contribution in [2.24, 2.45) is 11.7 Å². The lowest BCUT2D eigenvalue weighted by Crippen LogP contribution is -2.59. The van der Waals surface area contributed by atoms with Gasteiger partial charge in [-0.05, 0) is 52.2 Å². The first-order valence-corrected chi connectivity index (χ1v) is 14.0. The van der Waals surface area contributed by atoms with Gasteiger partial charge in [0.15, 0.2) is 0 Å². The largest absolute Gasteiger partial charge is 0.495 e. The molecule has 2 atom stereocenters. The molecule has 1 aromatic carbocycles. The summed E-state index contributed by atoms with van der Waals surface area (Å²) in [6.45, 7) is 12.0. The number of benzene rings is 1. The molecule has 0 radical (unpaired) electrons. The maximum atomic E-state index is 14.3. The van der Waals surface area contributed by atoms with Crippen LogP contribution in [-0.4, -0.2) is 83.7 Å². The highest BCUT2D eigenvalue weighted by Gasteiger charge is 2.39. The van der Waals surface area contributed by atoms with Gasteiger partial charge in [0.05, 0.1) is 36.9 Å². The Balaban J connectivity index is 2.07. The summed E-state index contributed by atoms with van der Waals surface area (Å²) in [5.74, 6) is -2.33. The van der Waals surface area contributed by atoms with E-state index in [1.165, 1.54) is 7.11 Å². The summed E-state index contributed by atoms with van der Waals surface area (Å²) < 4.78 is 16.4. The molecule has 1 saturated heterocycles. The van der Waals surface area contributed by atoms with Gasteiger partial charge in [-0.15, -0.1) is 0 Å². The Morgan fingerprint density at radius 2 is 1.80 bits per heavy atom. The molecule has 2 heterocycles. The lowest BCUT2D eigenvalue weighted by atomic mass is 9.90. The maximum Gasteiger partial charge on any atom is 0.410 e. The van der Waals surface area contributed by atoms with Crippen molar-refractivity contribution in [3.8, 4) is 5.75 Å². The number of primary amides is 1. The third kappa shape index (κ3) is 7.45. The number of ether oxygens (including phenoxy) is 3. The molecule has 11 heteroatoms. The van der Waals surface area contributed by atoms with Crippen LogP contribution in [0.25, 0.3) is 10.9 Å². The van der Waals surface area contributed by atoms with Crippen LogP contribution in [0.3, 0.4) is 0 Å². The first-order valence-electron chi connectivity index (χ1n) is 14.0. The predicted octanol–water partition coefficient (Wildman–Crippen LogP) is 3.87. The monoisotopic (exact) mass is 570 g/mol. The minimum absolute atomic E-state index is 0.000641. The maximum absolute atomic E-state index is 14.3. The molecule has 1 fully saturated rings. The topological polar surface area (TPSA) is 141 Å². The second-order valence-corrected chi connectivity index (χ2v) is 11.5. The van der Waals surface area contributed by atoms with Crippen LogP contribution in [0.15, 0.2) is 24.3 Å². The smallest absolute Gasteiger partial charge is 0.410 e. The van der Waals surface area contributed by atoms with Crippen molar-refractivity contribution < 1.29 is 33.4 Å². The van der Waals surface area contributed by atoms with Gasteiger partial charge in [-0.3, -0.25) is 19.4 Å². The number of piperazine rings is 1. The number of fused-ring (bicyclic) bond motifs is 1. The molecule has 1 aromatic heterocycles. The molecule has 41 heavy (non-hydrogen) atoms. The normalized spacial score (nSPS) is 16.4. The van der Waals surface area contributed by atoms with Gasteiger partial charge in [-0.1, -0.05) is 26.0 Å². The molecule has 2 N–H and O–H groups in total. The van der Waals surface area contributed by atoms with Gasteiger partial charge >= 0.3 is 12.1 Å². The Hall–Kier alpha value is -3.89. The van der Waals surface area contributed by atoms with Crippen LogP contribution in [0, 0.1) is 5.92 Å². The van der Waals surface area contributed by atoms with Gasteiger partial charge in [0, 0.05) is 31.4 Å². The third-order valence-electron chi connectivity index (χ3n) is 7.01. The number of pyridine rings is 1. The number of aromatic nitrogens is 1. The third-order valence-corrected chi connectivity index (χ3v) is 7.01. The Morgan fingerprint density at radius 1 is 1.12 bits per heavy atom. The van der Waals surface area contributed by atoms with E-state index in [0.29, 0.717) is 10.9 Å². The summed E-state index contributed by atoms with van der Waals surface area (Å²) >= 11 is 0. The molecule has 11 nitrogen and oxygen atoms in total. The van der Waals surface area contributed by atoms with E-state index in [1.807, 2.05) is 13.8 Å². The highest BCUT2D eigenvalue weighted by molar-refractivity contribution is 6.04. The van der Waals surface area contributed by atoms with Gasteiger partial charge < -0.3 is 29.7 Å². The highest BCUT2D eigenvalue weighted by Crippen LogP contribution is 2.36. The standard InChI is InChI=1S/C30H42N4O7/c1-8-40-29(38)34-16-15-33(17-22(34)18(2)3)28(37)20(13-14-23(35)41-30(4,5)6)25-24(27(31)36)26(39-7)19-11-9-10-12-21(19)32-25/h9-12,18,20,22H,8,13-17H2,1-7H3,(H2,31,36). The fourth-order valence-electron chi connectivity index (χ4n) is 5.17. The summed E-state index contributed by atoms with van der Waals surface area (Å²) in [5.41, 5.74) is 5.81. The van der Waals surface area contributed by atoms with Crippen molar-refractivity contribution >= 4 is 34.8 Å². The fraction of sp³-hybridized carbons (Fsp3) is 0.567. The summed E-state index contributed by atoms with van der Waals surface area (Å²) in [7, 11) is 1.43. The first-order chi connectivity index (χ1) is 19.3. The summed E-state index contributed by atoms with van der Waals surface area (Å²) in [5, 5.41) is 0.578. The summed E-state index contributed by atoms with van der Waals surface area (Å²) in [6.07, 6.45) is -0.469. The van der Waals surface area contributed by atoms with Crippen molar-refractivity contribution in [2.45, 2.75) is 71.9 Å². The zero-order chi connectivity index (χ0) is 30.5. The number of nitrogens with zero attached hydrogens (tertiary/aromatic N) is 3. The van der Waals surface area contributed by atoms with Crippen LogP contribution in [0.2, 0.25) is 0 Å². The summed E-state index contributed by atoms with van der Waals surface area (Å²) in [6, 6.07) is 6.82. The van der Waals surface area contributed by atoms with E-state index in [4.69, 9.17) is 24.9 Å². The fourth-order valence-corrected chi connectivity index (χ4v) is 5.17. The number of hydrogen-bond acceptors (Lipinski definition) is 8. The van der Waals surface area contributed by atoms with Crippen LogP contribution >= 0.6 is 0 Å². The number of carbonyl (C=O) groups excluding carboxylic acids is 4. The van der Waals surface area contributed by atoms with E-state index in [1.54, 1.807) is 61.8 Å². The Labute approximate surface area is 241 Å². The van der Waals surface area contributed by atoms with Gasteiger partial charge in [0.2, 0.25) is 5.91 Å². The number of hydrogen-bond donors (Lipinski definition) is 1. The number of amides is 3. The van der Waals surface area contributed by atoms with Crippen LogP contribution in [0.4, 0.5) is 4.79 Å². The molecule has 1 aliphatic heterocycles. The number of rotatable bonds is 9. The van der Waals surface area contributed by atoms with Crippen LogP contribution in [0.1, 0.15) is 76.4 Å². The van der Waals surface area contributed by atoms with E-state index >= 15 is 0 Å². The van der Waals surface area contributed by atoms with Crippen LogP contribution < -0.4 is 10.5 Å². The molecule has 3 amide bonds. The van der Waals surface area contributed by atoms with E-state index in [9.17, 15) is 19.2 Å². The minimum Gasteiger partial charge on any atom is -0.495 e. The molecule has 2 unspecified atom stereocenters. The van der Waals surface area contributed by atoms with Gasteiger partial charge in [-0.25, -0.2) is 4.79 Å². The van der Waals surface area contributed by atoms with E-state index in [-0.39, 0.29) is 74.0 Å². The van der Waals surface area contributed by atoms with Crippen molar-refractivity contribution in [1.29, 1.82) is 0 Å². The second kappa shape index (κ2) is 13.2. The van der Waals surface area contributed by atoms with Crippen molar-refractivity contribution in [2.75, 3.05) is 33.4 Å². The number of para-hydroxylation sites is 1. The minimum atomic E-state index is -0.995. The van der Waals surface area contributed by atoms with Crippen LogP contribution in [0.5, 0.6) is 5.75 Å². The van der Waals surface area contributed by atoms with Gasteiger partial charge in [-0.2, -0.15) is 0 Å². The van der Waals surface area contributed by atoms with Crippen molar-refractivity contribution in [1.82, 2.24) is 14.8 Å². The lowest BCUT2D eigenvalue weighted by molar-refractivity contribution is -0.155. The number of carbonyl (C=O) groups is 4. The number of esters is 1. The van der Waals surface area contributed by atoms with Crippen molar-refractivity contribution in [3.63, 3.8) is 0 Å². The zero-order valence-electron chi connectivity index (χ0n) is 25.1. The molecular formula is C30H42N4O7. The highest BCUT2D eigenvalue weighted by atomic mass is 16.6. The van der Waals surface area contributed by atoms with Gasteiger partial charge in [0.1, 0.15) is 16.9 Å². The zero-order valence-corrected chi connectivity index (χ0v) is 25.1. The molecular weight excluding hydrogens is 528 g/mol. The molecule has 3 rings (SSSR count). The van der Waals surface area contributed by atoms with E-state index < -0.39 is 29.5 Å². The molecule has 0 aliphatic carbocycles. The average Bonchev–Trinajstić information content (AvgIpc) is 2.90. The Kier molecular flexibility index (Phi) is 10.2. The lowest BCUT2D eigenvalue weighted by Gasteiger charge is -2.43. The second-order valence-electron chi connectivity index (χ2n) is 11.5. The quantitative estimate of drug-likeness (QED) is 0.448. The van der Waals surface area contributed by atoms with Crippen molar-refractivity contribution in [3.05, 3.63) is 35.5 Å². The average molecular weight is 571 g/mol. The SMILES string of the molecule is CCOC(=O)N1CCN(C(=O)C(CCC(=O)OC(C)(C)C)c2nc3ccccc3c(OC)c2C(N)=O)CC1C(C)C. The van der Waals surface area contributed by atoms with Crippen LogP contribution in [-0.2, 0) is 19.1 Å². The van der Waals surface area contributed by atoms with E-state index in [2.05, 4.69) is 0 Å². The molecule has 0 saturated carbocycles. The van der Waals surface area contributed by atoms with Gasteiger partial charge in [0.25, 0.3) is 5.91 Å².